The van der Waals surface area contributed by atoms with Crippen LogP contribution in [0.3, 0.4) is 0 Å². The summed E-state index contributed by atoms with van der Waals surface area (Å²) < 4.78 is 41.3. The number of hydrogen-bond acceptors (Lipinski definition) is 7. The lowest BCUT2D eigenvalue weighted by atomic mass is 10.0. The number of alkyl halides is 3. The second-order valence-corrected chi connectivity index (χ2v) is 8.19. The third-order valence-electron chi connectivity index (χ3n) is 5.65. The number of carbonyl (C=O) groups is 3. The summed E-state index contributed by atoms with van der Waals surface area (Å²) in [7, 11) is 0. The molecule has 3 aromatic rings. The van der Waals surface area contributed by atoms with Crippen molar-refractivity contribution in [1.29, 1.82) is 0 Å². The highest BCUT2D eigenvalue weighted by Gasteiger charge is 2.32. The van der Waals surface area contributed by atoms with Crippen LogP contribution in [0.4, 0.5) is 13.2 Å². The monoisotopic (exact) mass is 514 g/mol. The number of ether oxygens (including phenoxy) is 1. The summed E-state index contributed by atoms with van der Waals surface area (Å²) in [6.45, 7) is 0.884. The van der Waals surface area contributed by atoms with Gasteiger partial charge in [0.15, 0.2) is 5.78 Å². The van der Waals surface area contributed by atoms with E-state index in [0.29, 0.717) is 18.7 Å². The first-order chi connectivity index (χ1) is 17.6. The Balaban J connectivity index is 1.41. The molecule has 0 bridgehead atoms. The molecule has 2 heterocycles. The second-order valence-electron chi connectivity index (χ2n) is 8.19. The average molecular weight is 514 g/mol. The Kier molecular flexibility index (Phi) is 7.39. The SMILES string of the molecule is O=C(N[C@@H]1CNC[C@H]1NC(=O)c1ccc(C(=O)c2cc(OC(F)(F)F)ccc2O)cc1)c1ccncc1. The largest absolute Gasteiger partial charge is 0.573 e. The number of phenols is 1. The molecule has 0 aliphatic carbocycles. The molecule has 1 aliphatic heterocycles. The highest BCUT2D eigenvalue weighted by molar-refractivity contribution is 6.11. The first-order valence-corrected chi connectivity index (χ1v) is 11.1. The lowest BCUT2D eigenvalue weighted by Gasteiger charge is -2.21. The number of ketones is 1. The summed E-state index contributed by atoms with van der Waals surface area (Å²) in [6.07, 6.45) is -1.95. The van der Waals surface area contributed by atoms with Crippen LogP contribution in [0.5, 0.6) is 11.5 Å². The molecule has 2 atom stereocenters. The average Bonchev–Trinajstić information content (AvgIpc) is 3.30. The fourth-order valence-corrected chi connectivity index (χ4v) is 3.81. The van der Waals surface area contributed by atoms with Gasteiger partial charge in [-0.1, -0.05) is 12.1 Å². The third-order valence-corrected chi connectivity index (χ3v) is 5.65. The predicted molar refractivity (Wildman–Crippen MR) is 124 cm³/mol. The van der Waals surface area contributed by atoms with Crippen LogP contribution in [0.2, 0.25) is 0 Å². The second kappa shape index (κ2) is 10.7. The zero-order valence-corrected chi connectivity index (χ0v) is 19.1. The van der Waals surface area contributed by atoms with Gasteiger partial charge in [-0.2, -0.15) is 0 Å². The molecule has 12 heteroatoms. The molecule has 1 aliphatic rings. The normalized spacial score (nSPS) is 17.2. The van der Waals surface area contributed by atoms with Crippen LogP contribution < -0.4 is 20.7 Å². The van der Waals surface area contributed by atoms with Crippen LogP contribution in [-0.2, 0) is 0 Å². The maximum atomic E-state index is 12.8. The Bertz CT molecular complexity index is 1300. The van der Waals surface area contributed by atoms with Gasteiger partial charge in [0.05, 0.1) is 17.6 Å². The standard InChI is InChI=1S/C25H21F3N4O5/c26-25(27,28)37-17-5-6-21(33)18(11-17)22(34)14-1-3-15(4-2-14)23(35)31-19-12-30-13-20(19)32-24(36)16-7-9-29-10-8-16/h1-11,19-20,30,33H,12-13H2,(H,31,35)(H,32,36)/t19-,20-/m1/s1. The number of nitrogens with zero attached hydrogens (tertiary/aromatic N) is 1. The van der Waals surface area contributed by atoms with Crippen LogP contribution in [0, 0.1) is 0 Å². The lowest BCUT2D eigenvalue weighted by Crippen LogP contribution is -2.51. The highest BCUT2D eigenvalue weighted by atomic mass is 19.4. The van der Waals surface area contributed by atoms with Crippen molar-refractivity contribution in [2.45, 2.75) is 18.4 Å². The Labute approximate surface area is 208 Å². The van der Waals surface area contributed by atoms with Gasteiger partial charge in [0.2, 0.25) is 0 Å². The number of aromatic nitrogens is 1. The van der Waals surface area contributed by atoms with Crippen molar-refractivity contribution >= 4 is 17.6 Å². The quantitative estimate of drug-likeness (QED) is 0.357. The molecule has 9 nitrogen and oxygen atoms in total. The van der Waals surface area contributed by atoms with Gasteiger partial charge in [0.1, 0.15) is 11.5 Å². The molecule has 2 aromatic carbocycles. The molecule has 1 aromatic heterocycles. The van der Waals surface area contributed by atoms with E-state index in [4.69, 9.17) is 0 Å². The van der Waals surface area contributed by atoms with Gasteiger partial charge >= 0.3 is 6.36 Å². The molecule has 1 saturated heterocycles. The molecule has 1 fully saturated rings. The smallest absolute Gasteiger partial charge is 0.507 e. The van der Waals surface area contributed by atoms with Gasteiger partial charge in [-0.25, -0.2) is 0 Å². The van der Waals surface area contributed by atoms with Crippen molar-refractivity contribution in [3.05, 3.63) is 89.2 Å². The number of halogens is 3. The number of pyridine rings is 1. The minimum absolute atomic E-state index is 0.0426. The molecular weight excluding hydrogens is 493 g/mol. The highest BCUT2D eigenvalue weighted by Crippen LogP contribution is 2.29. The number of benzene rings is 2. The molecule has 2 amide bonds. The number of carbonyl (C=O) groups excluding carboxylic acids is 3. The first kappa shape index (κ1) is 25.6. The molecular formula is C25H21F3N4O5. The Hall–Kier alpha value is -4.45. The Morgan fingerprint density at radius 1 is 0.865 bits per heavy atom. The van der Waals surface area contributed by atoms with E-state index in [1.165, 1.54) is 36.7 Å². The molecule has 4 N–H and O–H groups in total. The minimum Gasteiger partial charge on any atom is -0.507 e. The topological polar surface area (TPSA) is 130 Å². The van der Waals surface area contributed by atoms with Gasteiger partial charge in [-0.15, -0.1) is 13.2 Å². The fraction of sp³-hybridized carbons (Fsp3) is 0.200. The summed E-state index contributed by atoms with van der Waals surface area (Å²) in [5.74, 6) is -2.67. The van der Waals surface area contributed by atoms with Crippen molar-refractivity contribution in [3.8, 4) is 11.5 Å². The maximum absolute atomic E-state index is 12.8. The zero-order valence-electron chi connectivity index (χ0n) is 19.1. The fourth-order valence-electron chi connectivity index (χ4n) is 3.81. The maximum Gasteiger partial charge on any atom is 0.573 e. The molecule has 0 spiro atoms. The number of rotatable bonds is 7. The van der Waals surface area contributed by atoms with Gasteiger partial charge in [-0.05, 0) is 42.5 Å². The van der Waals surface area contributed by atoms with Crippen LogP contribution in [-0.4, -0.2) is 59.2 Å². The summed E-state index contributed by atoms with van der Waals surface area (Å²) in [4.78, 5) is 41.8. The van der Waals surface area contributed by atoms with Crippen LogP contribution >= 0.6 is 0 Å². The van der Waals surface area contributed by atoms with Gasteiger partial charge in [-0.3, -0.25) is 19.4 Å². The van der Waals surface area contributed by atoms with Crippen molar-refractivity contribution in [3.63, 3.8) is 0 Å². The third kappa shape index (κ3) is 6.41. The minimum atomic E-state index is -4.96. The van der Waals surface area contributed by atoms with Crippen LogP contribution in [0.15, 0.2) is 67.0 Å². The number of aromatic hydroxyl groups is 1. The van der Waals surface area contributed by atoms with E-state index in [0.717, 1.165) is 18.2 Å². The van der Waals surface area contributed by atoms with Gasteiger partial charge in [0.25, 0.3) is 11.8 Å². The number of amides is 2. The van der Waals surface area contributed by atoms with Crippen molar-refractivity contribution in [1.82, 2.24) is 20.9 Å². The van der Waals surface area contributed by atoms with Crippen LogP contribution in [0.1, 0.15) is 36.6 Å². The van der Waals surface area contributed by atoms with Crippen molar-refractivity contribution in [2.75, 3.05) is 13.1 Å². The lowest BCUT2D eigenvalue weighted by molar-refractivity contribution is -0.274. The summed E-state index contributed by atoms with van der Waals surface area (Å²) in [5, 5.41) is 18.8. The molecule has 4 rings (SSSR count). The van der Waals surface area contributed by atoms with Gasteiger partial charge < -0.3 is 25.8 Å². The molecule has 192 valence electrons. The Morgan fingerprint density at radius 3 is 1.97 bits per heavy atom. The van der Waals surface area contributed by atoms with Crippen molar-refractivity contribution < 1.29 is 37.4 Å². The Morgan fingerprint density at radius 2 is 1.41 bits per heavy atom. The van der Waals surface area contributed by atoms with E-state index in [9.17, 15) is 32.7 Å². The summed E-state index contributed by atoms with van der Waals surface area (Å²) in [5.41, 5.74) is 0.319. The summed E-state index contributed by atoms with van der Waals surface area (Å²) >= 11 is 0. The first-order valence-electron chi connectivity index (χ1n) is 11.1. The van der Waals surface area contributed by atoms with Crippen LogP contribution in [0.25, 0.3) is 0 Å². The number of hydrogen-bond donors (Lipinski definition) is 4. The van der Waals surface area contributed by atoms with E-state index < -0.39 is 35.6 Å². The molecule has 0 unspecified atom stereocenters. The van der Waals surface area contributed by atoms with E-state index >= 15 is 0 Å². The van der Waals surface area contributed by atoms with E-state index in [2.05, 4.69) is 25.7 Å². The summed E-state index contributed by atoms with van der Waals surface area (Å²) in [6, 6.07) is 10.4. The van der Waals surface area contributed by atoms with E-state index in [1.54, 1.807) is 12.1 Å². The number of nitrogens with one attached hydrogen (secondary N) is 3. The van der Waals surface area contributed by atoms with E-state index in [1.807, 2.05) is 0 Å². The molecule has 37 heavy (non-hydrogen) atoms. The van der Waals surface area contributed by atoms with Gasteiger partial charge in [0, 0.05) is 42.2 Å². The van der Waals surface area contributed by atoms with E-state index in [-0.39, 0.29) is 28.6 Å². The molecule has 0 saturated carbocycles. The molecule has 0 radical (unpaired) electrons. The number of phenolic OH excluding ortho intramolecular Hbond substituents is 1. The predicted octanol–water partition coefficient (Wildman–Crippen LogP) is 2.42. The van der Waals surface area contributed by atoms with Crippen molar-refractivity contribution in [2.24, 2.45) is 0 Å². The zero-order chi connectivity index (χ0) is 26.6.